The molecule has 4 fully saturated rings. The van der Waals surface area contributed by atoms with Gasteiger partial charge in [-0.2, -0.15) is 0 Å². The molecule has 212 valence electrons. The molecule has 0 aromatic heterocycles. The van der Waals surface area contributed by atoms with Crippen molar-refractivity contribution in [1.29, 1.82) is 0 Å². The molecule has 0 radical (unpaired) electrons. The number of halogens is 1. The number of nitrogens with zero attached hydrogens (tertiary/aromatic N) is 5. The second-order valence-electron chi connectivity index (χ2n) is 13.4. The molecular weight excluding hydrogens is 497 g/mol. The largest absolute Gasteiger partial charge is 0.345 e. The minimum Gasteiger partial charge on any atom is -0.345 e. The van der Waals surface area contributed by atoms with Gasteiger partial charge in [-0.05, 0) is 87.6 Å². The number of unbranched alkanes of at least 4 members (excludes halogenated alkanes) is 1. The zero-order valence-electron chi connectivity index (χ0n) is 24.3. The summed E-state index contributed by atoms with van der Waals surface area (Å²) < 4.78 is 14.4. The van der Waals surface area contributed by atoms with Gasteiger partial charge in [0.25, 0.3) is 0 Å². The summed E-state index contributed by atoms with van der Waals surface area (Å²) in [4.78, 5) is 21.2. The number of benzene rings is 1. The van der Waals surface area contributed by atoms with Crippen LogP contribution in [0.15, 0.2) is 62.7 Å². The summed E-state index contributed by atoms with van der Waals surface area (Å²) in [5, 5.41) is 0. The summed E-state index contributed by atoms with van der Waals surface area (Å²) in [7, 11) is 0. The van der Waals surface area contributed by atoms with Crippen LogP contribution in [0.3, 0.4) is 0 Å². The molecule has 2 atom stereocenters. The highest BCUT2D eigenvalue weighted by Gasteiger charge is 2.58. The number of allylic oxidation sites excluding steroid dienone is 2. The average Bonchev–Trinajstić information content (AvgIpc) is 3.68. The number of amidine groups is 1. The van der Waals surface area contributed by atoms with Gasteiger partial charge in [-0.1, -0.05) is 39.0 Å². The Morgan fingerprint density at radius 1 is 1.20 bits per heavy atom. The molecule has 1 aliphatic heterocycles. The molecule has 4 aliphatic carbocycles. The standard InChI is InChI=1S/C34H44FN5/c1-5-6-16-37-20-26(19-36-4)25-8-7-9-27(17-25)40(24(2)28-18-29(28)35)23-33-12-14-34(22-33,15-13-33)31-38-21-30(39-31)32(3)10-11-32/h7-9,17,19-20,28-29H,2,4-6,10-16,18,21-23H2,1,3H3/b26-19+,37-20-. The van der Waals surface area contributed by atoms with Gasteiger partial charge in [-0.25, -0.2) is 9.38 Å². The monoisotopic (exact) mass is 541 g/mol. The molecule has 4 saturated carbocycles. The number of alkyl halides is 1. The Morgan fingerprint density at radius 2 is 1.98 bits per heavy atom. The Morgan fingerprint density at radius 3 is 2.65 bits per heavy atom. The maximum atomic E-state index is 14.4. The topological polar surface area (TPSA) is 52.7 Å². The number of hydrogen-bond donors (Lipinski definition) is 0. The highest BCUT2D eigenvalue weighted by molar-refractivity contribution is 6.10. The molecule has 6 heteroatoms. The Kier molecular flexibility index (Phi) is 7.16. The molecule has 5 nitrogen and oxygen atoms in total. The van der Waals surface area contributed by atoms with E-state index in [-0.39, 0.29) is 16.7 Å². The van der Waals surface area contributed by atoms with Crippen molar-refractivity contribution in [3.05, 3.63) is 48.3 Å². The first kappa shape index (κ1) is 27.3. The van der Waals surface area contributed by atoms with E-state index in [0.29, 0.717) is 11.8 Å². The summed E-state index contributed by atoms with van der Waals surface area (Å²) in [6.07, 6.45) is 13.9. The molecule has 2 unspecified atom stereocenters. The minimum absolute atomic E-state index is 0.0845. The summed E-state index contributed by atoms with van der Waals surface area (Å²) in [6, 6.07) is 8.49. The van der Waals surface area contributed by atoms with Gasteiger partial charge in [-0.15, -0.1) is 0 Å². The molecule has 0 N–H and O–H groups in total. The number of aliphatic imine (C=N–C) groups is 4. The molecular formula is C34H44FN5. The van der Waals surface area contributed by atoms with E-state index in [1.165, 1.54) is 18.6 Å². The van der Waals surface area contributed by atoms with Gasteiger partial charge < -0.3 is 4.90 Å². The van der Waals surface area contributed by atoms with Crippen LogP contribution in [0.25, 0.3) is 5.57 Å². The summed E-state index contributed by atoms with van der Waals surface area (Å²) in [6.45, 7) is 15.1. The predicted molar refractivity (Wildman–Crippen MR) is 167 cm³/mol. The molecule has 1 aromatic rings. The molecule has 1 heterocycles. The summed E-state index contributed by atoms with van der Waals surface area (Å²) in [5.41, 5.74) is 5.85. The van der Waals surface area contributed by atoms with Crippen LogP contribution in [0.2, 0.25) is 0 Å². The van der Waals surface area contributed by atoms with Gasteiger partial charge in [0, 0.05) is 64.9 Å². The van der Waals surface area contributed by atoms with Crippen molar-refractivity contribution in [2.75, 3.05) is 24.5 Å². The Balaban J connectivity index is 1.25. The van der Waals surface area contributed by atoms with Crippen molar-refractivity contribution in [3.63, 3.8) is 0 Å². The van der Waals surface area contributed by atoms with Crippen LogP contribution in [0.5, 0.6) is 0 Å². The first-order valence-electron chi connectivity index (χ1n) is 15.3. The fourth-order valence-corrected chi connectivity index (χ4v) is 7.23. The summed E-state index contributed by atoms with van der Waals surface area (Å²) in [5.74, 6) is 1.04. The molecule has 6 rings (SSSR count). The highest BCUT2D eigenvalue weighted by Crippen LogP contribution is 2.63. The maximum Gasteiger partial charge on any atom is 0.129 e. The van der Waals surface area contributed by atoms with Crippen molar-refractivity contribution >= 4 is 35.7 Å². The van der Waals surface area contributed by atoms with Gasteiger partial charge in [0.05, 0.1) is 6.54 Å². The third kappa shape index (κ3) is 5.14. The highest BCUT2D eigenvalue weighted by atomic mass is 19.1. The molecule has 5 aliphatic rings. The third-order valence-corrected chi connectivity index (χ3v) is 10.3. The molecule has 1 aromatic carbocycles. The van der Waals surface area contributed by atoms with Crippen LogP contribution in [0, 0.1) is 22.2 Å². The number of hydrogen-bond acceptors (Lipinski definition) is 5. The van der Waals surface area contributed by atoms with E-state index >= 15 is 0 Å². The number of fused-ring (bicyclic) bond motifs is 2. The van der Waals surface area contributed by atoms with Gasteiger partial charge in [0.2, 0.25) is 0 Å². The SMILES string of the molecule is C=N/C=C(\C=N/CCCC)c1cccc(N(CC23CCC(C4=NCC(C5(C)CC5)=N4)(CC2)C3)C(=C)C2CC2F)c1. The van der Waals surface area contributed by atoms with Crippen LogP contribution in [0.4, 0.5) is 10.1 Å². The van der Waals surface area contributed by atoms with Crippen molar-refractivity contribution < 1.29 is 4.39 Å². The number of anilines is 1. The smallest absolute Gasteiger partial charge is 0.129 e. The van der Waals surface area contributed by atoms with E-state index < -0.39 is 6.17 Å². The molecule has 40 heavy (non-hydrogen) atoms. The Hall–Kier alpha value is -2.89. The number of rotatable bonds is 13. The fourth-order valence-electron chi connectivity index (χ4n) is 7.23. The van der Waals surface area contributed by atoms with Gasteiger partial charge in [0.1, 0.15) is 12.0 Å². The second kappa shape index (κ2) is 10.5. The van der Waals surface area contributed by atoms with E-state index in [1.54, 1.807) is 6.20 Å². The van der Waals surface area contributed by atoms with Gasteiger partial charge in [-0.3, -0.25) is 15.0 Å². The van der Waals surface area contributed by atoms with Gasteiger partial charge >= 0.3 is 0 Å². The maximum absolute atomic E-state index is 14.4. The van der Waals surface area contributed by atoms with E-state index in [9.17, 15) is 4.39 Å². The van der Waals surface area contributed by atoms with Crippen LogP contribution >= 0.6 is 0 Å². The van der Waals surface area contributed by atoms with E-state index in [1.807, 2.05) is 6.21 Å². The Bertz CT molecular complexity index is 1290. The molecule has 0 spiro atoms. The Labute approximate surface area is 239 Å². The van der Waals surface area contributed by atoms with Crippen molar-refractivity contribution in [2.45, 2.75) is 84.2 Å². The van der Waals surface area contributed by atoms with Crippen molar-refractivity contribution in [1.82, 2.24) is 0 Å². The zero-order valence-corrected chi connectivity index (χ0v) is 24.3. The zero-order chi connectivity index (χ0) is 28.0. The lowest BCUT2D eigenvalue weighted by atomic mass is 9.81. The molecule has 0 amide bonds. The van der Waals surface area contributed by atoms with Gasteiger partial charge in [0.15, 0.2) is 0 Å². The molecule has 0 saturated heterocycles. The van der Waals surface area contributed by atoms with E-state index in [2.05, 4.69) is 66.3 Å². The lowest BCUT2D eigenvalue weighted by Gasteiger charge is -2.37. The predicted octanol–water partition coefficient (Wildman–Crippen LogP) is 7.88. The normalized spacial score (nSPS) is 31.8. The van der Waals surface area contributed by atoms with E-state index in [4.69, 9.17) is 9.98 Å². The average molecular weight is 542 g/mol. The van der Waals surface area contributed by atoms with Crippen LogP contribution < -0.4 is 4.90 Å². The molecule has 2 bridgehead atoms. The lowest BCUT2D eigenvalue weighted by Crippen LogP contribution is -2.35. The first-order chi connectivity index (χ1) is 19.3. The van der Waals surface area contributed by atoms with Crippen LogP contribution in [-0.4, -0.2) is 50.3 Å². The minimum atomic E-state index is -0.780. The van der Waals surface area contributed by atoms with Crippen molar-refractivity contribution in [3.8, 4) is 0 Å². The van der Waals surface area contributed by atoms with Crippen LogP contribution in [0.1, 0.15) is 83.6 Å². The fraction of sp³-hybridized carbons (Fsp3) is 0.588. The first-order valence-corrected chi connectivity index (χ1v) is 15.3. The quantitative estimate of drug-likeness (QED) is 0.185. The van der Waals surface area contributed by atoms with Crippen LogP contribution in [-0.2, 0) is 0 Å². The van der Waals surface area contributed by atoms with E-state index in [0.717, 1.165) is 92.9 Å². The third-order valence-electron chi connectivity index (χ3n) is 10.3. The lowest BCUT2D eigenvalue weighted by molar-refractivity contribution is 0.298. The second-order valence-corrected chi connectivity index (χ2v) is 13.4. The van der Waals surface area contributed by atoms with Crippen molar-refractivity contribution in [2.24, 2.45) is 42.1 Å². The summed E-state index contributed by atoms with van der Waals surface area (Å²) >= 11 is 0.